The lowest BCUT2D eigenvalue weighted by Crippen LogP contribution is -1.92. The summed E-state index contributed by atoms with van der Waals surface area (Å²) in [5.74, 6) is 1.70. The number of nitrogens with zero attached hydrogens (tertiary/aromatic N) is 2. The van der Waals surface area contributed by atoms with Crippen LogP contribution < -0.4 is 14.2 Å². The van der Waals surface area contributed by atoms with Gasteiger partial charge in [0.25, 0.3) is 0 Å². The normalized spacial score (nSPS) is 11.0. The Morgan fingerprint density at radius 2 is 1.93 bits per heavy atom. The topological polar surface area (TPSA) is 84.6 Å². The molecule has 0 atom stereocenters. The van der Waals surface area contributed by atoms with Crippen molar-refractivity contribution < 1.29 is 19.3 Å². The van der Waals surface area contributed by atoms with Crippen LogP contribution in [0.4, 0.5) is 0 Å². The maximum Gasteiger partial charge on any atom is 0.161 e. The maximum atomic E-state index is 9.84. The number of aromatic hydroxyl groups is 1. The van der Waals surface area contributed by atoms with E-state index in [0.717, 1.165) is 16.8 Å². The molecule has 2 aromatic carbocycles. The zero-order valence-corrected chi connectivity index (χ0v) is 17.1. The highest BCUT2D eigenvalue weighted by Gasteiger charge is 2.12. The van der Waals surface area contributed by atoms with Crippen LogP contribution in [0.5, 0.6) is 23.0 Å². The smallest absolute Gasteiger partial charge is 0.161 e. The third kappa shape index (κ3) is 4.50. The van der Waals surface area contributed by atoms with Crippen molar-refractivity contribution in [1.29, 1.82) is 5.26 Å². The van der Waals surface area contributed by atoms with Crippen LogP contribution >= 0.6 is 11.3 Å². The molecule has 0 amide bonds. The first-order chi connectivity index (χ1) is 14.1. The fourth-order valence-corrected chi connectivity index (χ4v) is 3.52. The summed E-state index contributed by atoms with van der Waals surface area (Å²) < 4.78 is 16.0. The number of hydrogen-bond acceptors (Lipinski definition) is 7. The Morgan fingerprint density at radius 3 is 2.62 bits per heavy atom. The van der Waals surface area contributed by atoms with Gasteiger partial charge in [-0.15, -0.1) is 11.3 Å². The van der Waals surface area contributed by atoms with Crippen molar-refractivity contribution in [1.82, 2.24) is 4.98 Å². The number of phenols is 1. The van der Waals surface area contributed by atoms with Gasteiger partial charge in [0.1, 0.15) is 11.1 Å². The van der Waals surface area contributed by atoms with Gasteiger partial charge in [-0.05, 0) is 48.9 Å². The quantitative estimate of drug-likeness (QED) is 0.554. The van der Waals surface area contributed by atoms with Crippen LogP contribution in [0.1, 0.15) is 17.5 Å². The van der Waals surface area contributed by atoms with Crippen molar-refractivity contribution in [3.8, 4) is 40.3 Å². The van der Waals surface area contributed by atoms with Crippen molar-refractivity contribution in [2.45, 2.75) is 6.92 Å². The summed E-state index contributed by atoms with van der Waals surface area (Å²) >= 11 is 1.38. The van der Waals surface area contributed by atoms with Crippen LogP contribution in [-0.4, -0.2) is 30.9 Å². The number of thiazole rings is 1. The van der Waals surface area contributed by atoms with Gasteiger partial charge in [-0.25, -0.2) is 4.98 Å². The van der Waals surface area contributed by atoms with Gasteiger partial charge in [-0.2, -0.15) is 5.26 Å². The van der Waals surface area contributed by atoms with Crippen molar-refractivity contribution >= 4 is 23.0 Å². The molecule has 0 bridgehead atoms. The van der Waals surface area contributed by atoms with E-state index in [-0.39, 0.29) is 5.75 Å². The molecule has 0 saturated carbocycles. The van der Waals surface area contributed by atoms with E-state index >= 15 is 0 Å². The Balaban J connectivity index is 1.93. The lowest BCUT2D eigenvalue weighted by Gasteiger charge is -2.08. The predicted octanol–water partition coefficient (Wildman–Crippen LogP) is 5.00. The van der Waals surface area contributed by atoms with Gasteiger partial charge in [0, 0.05) is 10.9 Å². The van der Waals surface area contributed by atoms with Gasteiger partial charge in [0.15, 0.2) is 23.0 Å². The number of rotatable bonds is 7. The molecule has 29 heavy (non-hydrogen) atoms. The minimum atomic E-state index is 0.0625. The van der Waals surface area contributed by atoms with E-state index in [9.17, 15) is 10.4 Å². The Labute approximate surface area is 173 Å². The van der Waals surface area contributed by atoms with E-state index in [2.05, 4.69) is 11.1 Å². The number of aromatic nitrogens is 1. The van der Waals surface area contributed by atoms with Gasteiger partial charge in [0.05, 0.1) is 32.1 Å². The van der Waals surface area contributed by atoms with Crippen molar-refractivity contribution in [2.24, 2.45) is 0 Å². The second-order valence-corrected chi connectivity index (χ2v) is 6.80. The van der Waals surface area contributed by atoms with Gasteiger partial charge in [-0.1, -0.05) is 6.07 Å². The van der Waals surface area contributed by atoms with Crippen LogP contribution in [0, 0.1) is 11.3 Å². The molecule has 7 heteroatoms. The first-order valence-corrected chi connectivity index (χ1v) is 9.73. The zero-order valence-electron chi connectivity index (χ0n) is 16.3. The summed E-state index contributed by atoms with van der Waals surface area (Å²) in [4.78, 5) is 4.61. The van der Waals surface area contributed by atoms with Crippen LogP contribution in [-0.2, 0) is 0 Å². The van der Waals surface area contributed by atoms with E-state index < -0.39 is 0 Å². The molecule has 1 N–H and O–H groups in total. The second-order valence-electron chi connectivity index (χ2n) is 5.94. The second kappa shape index (κ2) is 9.13. The lowest BCUT2D eigenvalue weighted by atomic mass is 10.1. The summed E-state index contributed by atoms with van der Waals surface area (Å²) in [5.41, 5.74) is 2.78. The molecule has 6 nitrogen and oxygen atoms in total. The van der Waals surface area contributed by atoms with Crippen molar-refractivity contribution in [2.75, 3.05) is 20.8 Å². The number of methoxy groups -OCH3 is 2. The maximum absolute atomic E-state index is 9.84. The Bertz CT molecular complexity index is 1080. The molecule has 0 fully saturated rings. The first-order valence-electron chi connectivity index (χ1n) is 8.85. The molecule has 0 unspecified atom stereocenters. The molecule has 0 saturated heterocycles. The van der Waals surface area contributed by atoms with Gasteiger partial charge in [0.2, 0.25) is 0 Å². The summed E-state index contributed by atoms with van der Waals surface area (Å²) in [6.45, 7) is 2.28. The zero-order chi connectivity index (χ0) is 20.8. The molecule has 3 aromatic rings. The minimum Gasteiger partial charge on any atom is -0.504 e. The molecule has 1 aromatic heterocycles. The number of allylic oxidation sites excluding steroid dienone is 1. The molecule has 1 heterocycles. The molecular weight excluding hydrogens is 388 g/mol. The van der Waals surface area contributed by atoms with Gasteiger partial charge >= 0.3 is 0 Å². The third-order valence-electron chi connectivity index (χ3n) is 4.13. The van der Waals surface area contributed by atoms with E-state index in [1.165, 1.54) is 11.3 Å². The standard InChI is InChI=1S/C22H20N2O4S/c1-4-28-20-10-14(5-7-18(20)25)9-16(12-23)22-24-17(13-29-22)15-6-8-19(26-2)21(11-15)27-3/h5-11,13,25H,4H2,1-3H3/b16-9-. The van der Waals surface area contributed by atoms with E-state index in [4.69, 9.17) is 14.2 Å². The predicted molar refractivity (Wildman–Crippen MR) is 113 cm³/mol. The molecule has 0 radical (unpaired) electrons. The molecule has 0 spiro atoms. The van der Waals surface area contributed by atoms with Crippen LogP contribution in [0.15, 0.2) is 41.8 Å². The highest BCUT2D eigenvalue weighted by Crippen LogP contribution is 2.34. The minimum absolute atomic E-state index is 0.0625. The van der Waals surface area contributed by atoms with E-state index in [1.54, 1.807) is 38.5 Å². The first kappa shape index (κ1) is 20.2. The van der Waals surface area contributed by atoms with Crippen LogP contribution in [0.25, 0.3) is 22.9 Å². The summed E-state index contributed by atoms with van der Waals surface area (Å²) in [6.07, 6.45) is 1.72. The summed E-state index contributed by atoms with van der Waals surface area (Å²) in [5, 5.41) is 22.0. The molecule has 0 aliphatic rings. The lowest BCUT2D eigenvalue weighted by molar-refractivity contribution is 0.318. The van der Waals surface area contributed by atoms with Gasteiger partial charge < -0.3 is 19.3 Å². The largest absolute Gasteiger partial charge is 0.504 e. The fraction of sp³-hybridized carbons (Fsp3) is 0.182. The average molecular weight is 408 g/mol. The number of ether oxygens (including phenoxy) is 3. The Hall–Kier alpha value is -3.50. The number of nitriles is 1. The van der Waals surface area contributed by atoms with Gasteiger partial charge in [-0.3, -0.25) is 0 Å². The Morgan fingerprint density at radius 1 is 1.14 bits per heavy atom. The summed E-state index contributed by atoms with van der Waals surface area (Å²) in [7, 11) is 3.17. The van der Waals surface area contributed by atoms with Crippen LogP contribution in [0.2, 0.25) is 0 Å². The molecule has 0 aliphatic heterocycles. The molecule has 148 valence electrons. The molecule has 0 aliphatic carbocycles. The molecule has 3 rings (SSSR count). The van der Waals surface area contributed by atoms with E-state index in [0.29, 0.717) is 34.4 Å². The number of hydrogen-bond donors (Lipinski definition) is 1. The highest BCUT2D eigenvalue weighted by molar-refractivity contribution is 7.11. The van der Waals surface area contributed by atoms with Crippen molar-refractivity contribution in [3.05, 3.63) is 52.3 Å². The summed E-state index contributed by atoms with van der Waals surface area (Å²) in [6, 6.07) is 12.7. The SMILES string of the molecule is CCOc1cc(/C=C(/C#N)c2nc(-c3ccc(OC)c(OC)c3)cs2)ccc1O. The third-order valence-corrected chi connectivity index (χ3v) is 5.00. The average Bonchev–Trinajstić information content (AvgIpc) is 3.23. The monoisotopic (exact) mass is 408 g/mol. The fourth-order valence-electron chi connectivity index (χ4n) is 2.73. The highest BCUT2D eigenvalue weighted by atomic mass is 32.1. The number of benzene rings is 2. The van der Waals surface area contributed by atoms with Crippen molar-refractivity contribution in [3.63, 3.8) is 0 Å². The Kier molecular flexibility index (Phi) is 6.37. The molecular formula is C22H20N2O4S. The van der Waals surface area contributed by atoms with E-state index in [1.807, 2.05) is 30.5 Å². The number of phenolic OH excluding ortho intramolecular Hbond substituents is 1. The van der Waals surface area contributed by atoms with Crippen LogP contribution in [0.3, 0.4) is 0 Å².